The molecule has 5 nitrogen and oxygen atoms in total. The molecule has 0 N–H and O–H groups in total. The van der Waals surface area contributed by atoms with E-state index in [1.165, 1.54) is 0 Å². The molecule has 6 heteroatoms. The van der Waals surface area contributed by atoms with E-state index in [9.17, 15) is 4.79 Å². The summed E-state index contributed by atoms with van der Waals surface area (Å²) in [6.07, 6.45) is 2.46. The highest BCUT2D eigenvalue weighted by molar-refractivity contribution is 6.31. The van der Waals surface area contributed by atoms with Gasteiger partial charge in [0.25, 0.3) is 0 Å². The Hall–Kier alpha value is -2.53. The molecule has 0 saturated heterocycles. The van der Waals surface area contributed by atoms with Crippen LogP contribution >= 0.6 is 11.6 Å². The second-order valence-corrected chi connectivity index (χ2v) is 7.69. The largest absolute Gasteiger partial charge is 0.497 e. The van der Waals surface area contributed by atoms with Crippen LogP contribution in [0.4, 0.5) is 0 Å². The van der Waals surface area contributed by atoms with Crippen LogP contribution in [0.2, 0.25) is 5.02 Å². The summed E-state index contributed by atoms with van der Waals surface area (Å²) in [4.78, 5) is 20.3. The molecule has 1 fully saturated rings. The second kappa shape index (κ2) is 8.23. The number of carbonyl (C=O) groups excluding carboxylic acids is 1. The third kappa shape index (κ3) is 4.30. The molecule has 0 spiro atoms. The van der Waals surface area contributed by atoms with Crippen LogP contribution in [0.3, 0.4) is 0 Å². The summed E-state index contributed by atoms with van der Waals surface area (Å²) in [5.41, 5.74) is 2.85. The highest BCUT2D eigenvalue weighted by Gasteiger charge is 2.35. The Morgan fingerprint density at radius 2 is 1.96 bits per heavy atom. The van der Waals surface area contributed by atoms with E-state index in [1.807, 2.05) is 53.4 Å². The number of hydrogen-bond donors (Lipinski definition) is 0. The minimum atomic E-state index is -0.151. The van der Waals surface area contributed by atoms with Gasteiger partial charge in [-0.3, -0.25) is 4.79 Å². The number of nitrogens with zero attached hydrogens (tertiary/aromatic N) is 2. The van der Waals surface area contributed by atoms with Gasteiger partial charge in [0.05, 0.1) is 19.4 Å². The molecule has 0 bridgehead atoms. The zero-order valence-corrected chi connectivity index (χ0v) is 16.6. The lowest BCUT2D eigenvalue weighted by molar-refractivity contribution is -0.135. The van der Waals surface area contributed by atoms with Crippen LogP contribution in [0, 0.1) is 5.92 Å². The molecule has 2 aliphatic rings. The molecule has 2 aromatic rings. The number of rotatable bonds is 7. The van der Waals surface area contributed by atoms with Gasteiger partial charge < -0.3 is 14.5 Å². The molecule has 1 saturated carbocycles. The summed E-state index contributed by atoms with van der Waals surface area (Å²) in [6, 6.07) is 15.4. The minimum Gasteiger partial charge on any atom is -0.497 e. The van der Waals surface area contributed by atoms with Crippen molar-refractivity contribution in [2.45, 2.75) is 31.9 Å². The van der Waals surface area contributed by atoms with Crippen molar-refractivity contribution in [1.29, 1.82) is 0 Å². The predicted molar refractivity (Wildman–Crippen MR) is 109 cm³/mol. The fourth-order valence-electron chi connectivity index (χ4n) is 3.38. The first-order valence-electron chi connectivity index (χ1n) is 9.53. The predicted octanol–water partition coefficient (Wildman–Crippen LogP) is 4.28. The van der Waals surface area contributed by atoms with E-state index < -0.39 is 0 Å². The number of ether oxygens (including phenoxy) is 1. The van der Waals surface area contributed by atoms with Crippen molar-refractivity contribution in [3.63, 3.8) is 0 Å². The van der Waals surface area contributed by atoms with Gasteiger partial charge in [-0.05, 0) is 54.3 Å². The van der Waals surface area contributed by atoms with Crippen molar-refractivity contribution in [2.24, 2.45) is 11.1 Å². The van der Waals surface area contributed by atoms with Gasteiger partial charge in [0.2, 0.25) is 5.91 Å². The van der Waals surface area contributed by atoms with Crippen molar-refractivity contribution >= 4 is 23.2 Å². The normalized spacial score (nSPS) is 18.4. The first-order chi connectivity index (χ1) is 13.6. The quantitative estimate of drug-likeness (QED) is 0.699. The van der Waals surface area contributed by atoms with Gasteiger partial charge >= 0.3 is 0 Å². The average Bonchev–Trinajstić information content (AvgIpc) is 3.47. The summed E-state index contributed by atoms with van der Waals surface area (Å²) in [5, 5.41) is 4.93. The van der Waals surface area contributed by atoms with Gasteiger partial charge in [-0.25, -0.2) is 0 Å². The lowest BCUT2D eigenvalue weighted by Gasteiger charge is -2.25. The number of hydrogen-bond acceptors (Lipinski definition) is 4. The Kier molecular flexibility index (Phi) is 5.53. The zero-order valence-electron chi connectivity index (χ0n) is 15.8. The molecule has 4 rings (SSSR count). The minimum absolute atomic E-state index is 0.144. The van der Waals surface area contributed by atoms with Crippen LogP contribution in [-0.2, 0) is 16.2 Å². The number of amides is 1. The molecule has 0 unspecified atom stereocenters. The van der Waals surface area contributed by atoms with Crippen LogP contribution in [-0.4, -0.2) is 36.3 Å². The molecular formula is C22H23ClN2O3. The molecule has 1 aliphatic carbocycles. The summed E-state index contributed by atoms with van der Waals surface area (Å²) in [7, 11) is 1.64. The number of methoxy groups -OCH3 is 1. The van der Waals surface area contributed by atoms with Gasteiger partial charge in [-0.15, -0.1) is 0 Å². The van der Waals surface area contributed by atoms with Crippen molar-refractivity contribution in [1.82, 2.24) is 4.90 Å². The topological polar surface area (TPSA) is 51.1 Å². The molecule has 146 valence electrons. The molecule has 0 aromatic heterocycles. The maximum atomic E-state index is 12.8. The van der Waals surface area contributed by atoms with E-state index in [2.05, 4.69) is 5.16 Å². The van der Waals surface area contributed by atoms with Crippen LogP contribution in [0.1, 0.15) is 30.4 Å². The first-order valence-corrected chi connectivity index (χ1v) is 9.91. The number of oxime groups is 1. The van der Waals surface area contributed by atoms with Gasteiger partial charge in [-0.2, -0.15) is 0 Å². The van der Waals surface area contributed by atoms with Gasteiger partial charge in [0.1, 0.15) is 5.75 Å². The first kappa shape index (κ1) is 18.8. The monoisotopic (exact) mass is 398 g/mol. The molecule has 1 atom stereocenters. The van der Waals surface area contributed by atoms with Crippen molar-refractivity contribution in [2.75, 3.05) is 13.7 Å². The zero-order chi connectivity index (χ0) is 19.5. The van der Waals surface area contributed by atoms with Gasteiger partial charge in [0, 0.05) is 23.9 Å². The number of benzene rings is 2. The molecule has 2 aromatic carbocycles. The van der Waals surface area contributed by atoms with E-state index in [-0.39, 0.29) is 17.9 Å². The third-order valence-corrected chi connectivity index (χ3v) is 5.51. The standard InChI is InChI=1S/C22H23ClN2O3/c1-27-18-10-8-15(9-11-18)21-12-19(28-24-21)14-25(22(26)16-6-7-16)13-17-4-2-3-5-20(17)23/h2-5,8-11,16,19H,6-7,12-14H2,1H3/t19-/m1/s1. The maximum Gasteiger partial charge on any atom is 0.226 e. The van der Waals surface area contributed by atoms with Crippen LogP contribution < -0.4 is 4.74 Å². The molecule has 0 radical (unpaired) electrons. The summed E-state index contributed by atoms with van der Waals surface area (Å²) < 4.78 is 5.20. The Morgan fingerprint density at radius 1 is 1.21 bits per heavy atom. The van der Waals surface area contributed by atoms with E-state index in [0.29, 0.717) is 24.5 Å². The highest BCUT2D eigenvalue weighted by Crippen LogP contribution is 2.32. The third-order valence-electron chi connectivity index (χ3n) is 5.14. The van der Waals surface area contributed by atoms with Crippen molar-refractivity contribution < 1.29 is 14.4 Å². The fourth-order valence-corrected chi connectivity index (χ4v) is 3.57. The molecule has 1 aliphatic heterocycles. The SMILES string of the molecule is COc1ccc(C2=NO[C@@H](CN(Cc3ccccc3Cl)C(=O)C3CC3)C2)cc1. The Balaban J connectivity index is 1.42. The lowest BCUT2D eigenvalue weighted by atomic mass is 10.0. The molecule has 1 heterocycles. The molecule has 1 amide bonds. The number of carbonyl (C=O) groups is 1. The highest BCUT2D eigenvalue weighted by atomic mass is 35.5. The lowest BCUT2D eigenvalue weighted by Crippen LogP contribution is -2.38. The summed E-state index contributed by atoms with van der Waals surface area (Å²) in [5.74, 6) is 1.13. The van der Waals surface area contributed by atoms with Crippen LogP contribution in [0.15, 0.2) is 53.7 Å². The fraction of sp³-hybridized carbons (Fsp3) is 0.364. The van der Waals surface area contributed by atoms with E-state index in [0.717, 1.165) is 35.4 Å². The van der Waals surface area contributed by atoms with E-state index >= 15 is 0 Å². The van der Waals surface area contributed by atoms with Crippen molar-refractivity contribution in [3.05, 3.63) is 64.7 Å². The van der Waals surface area contributed by atoms with E-state index in [1.54, 1.807) is 7.11 Å². The Bertz CT molecular complexity index is 878. The Morgan fingerprint density at radius 3 is 2.64 bits per heavy atom. The maximum absolute atomic E-state index is 12.8. The van der Waals surface area contributed by atoms with E-state index in [4.69, 9.17) is 21.2 Å². The Labute approximate surface area is 169 Å². The van der Waals surface area contributed by atoms with Gasteiger partial charge in [-0.1, -0.05) is 35.0 Å². The molecule has 28 heavy (non-hydrogen) atoms. The van der Waals surface area contributed by atoms with Crippen molar-refractivity contribution in [3.8, 4) is 5.75 Å². The number of halogens is 1. The van der Waals surface area contributed by atoms with Gasteiger partial charge in [0.15, 0.2) is 6.10 Å². The van der Waals surface area contributed by atoms with Crippen LogP contribution in [0.25, 0.3) is 0 Å². The summed E-state index contributed by atoms with van der Waals surface area (Å²) in [6.45, 7) is 0.996. The second-order valence-electron chi connectivity index (χ2n) is 7.28. The summed E-state index contributed by atoms with van der Waals surface area (Å²) >= 11 is 6.31. The smallest absolute Gasteiger partial charge is 0.226 e. The molecular weight excluding hydrogens is 376 g/mol. The van der Waals surface area contributed by atoms with Crippen LogP contribution in [0.5, 0.6) is 5.75 Å². The average molecular weight is 399 g/mol.